The number of benzene rings is 2. The fraction of sp³-hybridized carbons (Fsp3) is 0.400. The van der Waals surface area contributed by atoms with Crippen molar-refractivity contribution < 1.29 is 13.2 Å². The number of hydrogen-bond donors (Lipinski definition) is 0. The Kier molecular flexibility index (Phi) is 6.99. The second-order valence-electron chi connectivity index (χ2n) is 8.91. The minimum atomic E-state index is -3.41. The predicted molar refractivity (Wildman–Crippen MR) is 135 cm³/mol. The molecule has 1 aromatic heterocycles. The molecule has 0 radical (unpaired) electrons. The van der Waals surface area contributed by atoms with Crippen LogP contribution < -0.4 is 0 Å². The smallest absolute Gasteiger partial charge is 0.252 e. The van der Waals surface area contributed by atoms with E-state index >= 15 is 0 Å². The zero-order valence-electron chi connectivity index (χ0n) is 19.2. The zero-order valence-corrected chi connectivity index (χ0v) is 20.8. The van der Waals surface area contributed by atoms with Crippen LogP contribution in [0.1, 0.15) is 5.56 Å². The molecule has 3 heterocycles. The Labute approximate surface area is 205 Å². The topological polar surface area (TPSA) is 64.2 Å². The van der Waals surface area contributed by atoms with E-state index in [9.17, 15) is 13.2 Å². The van der Waals surface area contributed by atoms with E-state index in [0.29, 0.717) is 36.9 Å². The van der Waals surface area contributed by atoms with Gasteiger partial charge in [0.25, 0.3) is 10.0 Å². The van der Waals surface area contributed by atoms with E-state index in [4.69, 9.17) is 0 Å². The average molecular weight is 499 g/mol. The van der Waals surface area contributed by atoms with Crippen LogP contribution in [0.4, 0.5) is 0 Å². The van der Waals surface area contributed by atoms with Crippen LogP contribution in [0.3, 0.4) is 0 Å². The van der Waals surface area contributed by atoms with E-state index in [1.165, 1.54) is 32.0 Å². The van der Waals surface area contributed by atoms with Gasteiger partial charge >= 0.3 is 0 Å². The van der Waals surface area contributed by atoms with Crippen molar-refractivity contribution >= 4 is 38.0 Å². The summed E-state index contributed by atoms with van der Waals surface area (Å²) in [5.41, 5.74) is 1.33. The van der Waals surface area contributed by atoms with Crippen molar-refractivity contribution in [2.75, 3.05) is 58.9 Å². The minimum Gasteiger partial charge on any atom is -0.339 e. The molecule has 5 rings (SSSR count). The number of amides is 1. The van der Waals surface area contributed by atoms with Gasteiger partial charge in [0.15, 0.2) is 0 Å². The fourth-order valence-electron chi connectivity index (χ4n) is 4.78. The maximum Gasteiger partial charge on any atom is 0.252 e. The molecule has 0 atom stereocenters. The van der Waals surface area contributed by atoms with Gasteiger partial charge in [0.2, 0.25) is 5.91 Å². The number of fused-ring (bicyclic) bond motifs is 1. The van der Waals surface area contributed by atoms with Crippen LogP contribution in [-0.4, -0.2) is 92.2 Å². The largest absolute Gasteiger partial charge is 0.339 e. The van der Waals surface area contributed by atoms with E-state index in [0.717, 1.165) is 32.7 Å². The highest BCUT2D eigenvalue weighted by molar-refractivity contribution is 7.91. The summed E-state index contributed by atoms with van der Waals surface area (Å²) >= 11 is 1.25. The molecule has 0 spiro atoms. The van der Waals surface area contributed by atoms with Gasteiger partial charge in [-0.2, -0.15) is 4.31 Å². The molecule has 1 amide bonds. The molecule has 3 aromatic rings. The van der Waals surface area contributed by atoms with E-state index in [-0.39, 0.29) is 5.91 Å². The molecule has 9 heteroatoms. The van der Waals surface area contributed by atoms with Crippen LogP contribution in [0, 0.1) is 0 Å². The lowest BCUT2D eigenvalue weighted by molar-refractivity contribution is -0.134. The first-order chi connectivity index (χ1) is 16.5. The number of piperazine rings is 2. The lowest BCUT2D eigenvalue weighted by Gasteiger charge is -2.37. The van der Waals surface area contributed by atoms with E-state index < -0.39 is 10.0 Å². The molecule has 2 aromatic carbocycles. The van der Waals surface area contributed by atoms with Crippen LogP contribution >= 0.6 is 11.3 Å². The van der Waals surface area contributed by atoms with Crippen molar-refractivity contribution in [3.8, 4) is 0 Å². The summed E-state index contributed by atoms with van der Waals surface area (Å²) in [7, 11) is -3.41. The van der Waals surface area contributed by atoms with Crippen molar-refractivity contribution in [3.05, 3.63) is 65.5 Å². The third kappa shape index (κ3) is 5.04. The third-order valence-corrected chi connectivity index (χ3v) is 10.0. The normalized spacial score (nSPS) is 19.0. The summed E-state index contributed by atoms with van der Waals surface area (Å²) in [6, 6.07) is 18.3. The predicted octanol–water partition coefficient (Wildman–Crippen LogP) is 2.55. The first-order valence-electron chi connectivity index (χ1n) is 11.7. The monoisotopic (exact) mass is 498 g/mol. The minimum absolute atomic E-state index is 0.138. The standard InChI is InChI=1S/C25H30N4O3S2/c30-24(20-27-12-16-29(17-13-27)34(31,32)25-9-4-18-33-25)28-14-10-26(11-15-28)19-22-7-3-6-21-5-1-2-8-23(21)22/h1-9,18H,10-17,19-20H2. The molecule has 0 aliphatic carbocycles. The second-order valence-corrected chi connectivity index (χ2v) is 12.0. The lowest BCUT2D eigenvalue weighted by Crippen LogP contribution is -2.54. The Morgan fingerprint density at radius 1 is 0.794 bits per heavy atom. The maximum atomic E-state index is 12.9. The Morgan fingerprint density at radius 2 is 1.50 bits per heavy atom. The highest BCUT2D eigenvalue weighted by atomic mass is 32.2. The maximum absolute atomic E-state index is 12.9. The summed E-state index contributed by atoms with van der Waals surface area (Å²) in [6.07, 6.45) is 0. The molecule has 0 unspecified atom stereocenters. The van der Waals surface area contributed by atoms with Gasteiger partial charge < -0.3 is 4.90 Å². The number of carbonyl (C=O) groups is 1. The van der Waals surface area contributed by atoms with Gasteiger partial charge in [-0.3, -0.25) is 14.6 Å². The Morgan fingerprint density at radius 3 is 2.24 bits per heavy atom. The third-order valence-electron chi connectivity index (χ3n) is 6.78. The molecule has 2 saturated heterocycles. The summed E-state index contributed by atoms with van der Waals surface area (Å²) in [5.74, 6) is 0.138. The van der Waals surface area contributed by atoms with Gasteiger partial charge in [-0.1, -0.05) is 48.5 Å². The van der Waals surface area contributed by atoms with Crippen molar-refractivity contribution in [2.24, 2.45) is 0 Å². The van der Waals surface area contributed by atoms with Gasteiger partial charge in [0, 0.05) is 58.9 Å². The first-order valence-corrected chi connectivity index (χ1v) is 14.1. The number of rotatable bonds is 6. The molecule has 2 aliphatic heterocycles. The molecule has 34 heavy (non-hydrogen) atoms. The Hall–Kier alpha value is -2.30. The highest BCUT2D eigenvalue weighted by Crippen LogP contribution is 2.23. The van der Waals surface area contributed by atoms with Crippen LogP contribution in [0.15, 0.2) is 64.2 Å². The van der Waals surface area contributed by atoms with Crippen molar-refractivity contribution in [3.63, 3.8) is 0 Å². The number of thiophene rings is 1. The average Bonchev–Trinajstić information content (AvgIpc) is 3.41. The van der Waals surface area contributed by atoms with Gasteiger partial charge in [-0.15, -0.1) is 11.3 Å². The molecule has 180 valence electrons. The Bertz CT molecular complexity index is 1220. The SMILES string of the molecule is O=C(CN1CCN(S(=O)(=O)c2cccs2)CC1)N1CCN(Cc2cccc3ccccc23)CC1. The highest BCUT2D eigenvalue weighted by Gasteiger charge is 2.30. The number of nitrogens with zero attached hydrogens (tertiary/aromatic N) is 4. The zero-order chi connectivity index (χ0) is 23.5. The molecule has 2 aliphatic rings. The molecule has 2 fully saturated rings. The number of hydrogen-bond acceptors (Lipinski definition) is 6. The fourth-order valence-corrected chi connectivity index (χ4v) is 7.35. The molecule has 0 N–H and O–H groups in total. The Balaban J connectivity index is 1.09. The number of sulfonamides is 1. The molecular weight excluding hydrogens is 468 g/mol. The van der Waals surface area contributed by atoms with Crippen LogP contribution in [0.25, 0.3) is 10.8 Å². The van der Waals surface area contributed by atoms with Crippen LogP contribution in [0.5, 0.6) is 0 Å². The molecule has 7 nitrogen and oxygen atoms in total. The molecule has 0 bridgehead atoms. The quantitative estimate of drug-likeness (QED) is 0.523. The first kappa shape index (κ1) is 23.4. The molecular formula is C25H30N4O3S2. The van der Waals surface area contributed by atoms with Crippen LogP contribution in [0.2, 0.25) is 0 Å². The van der Waals surface area contributed by atoms with Gasteiger partial charge in [-0.25, -0.2) is 8.42 Å². The summed E-state index contributed by atoms with van der Waals surface area (Å²) in [5, 5.41) is 4.34. The summed E-state index contributed by atoms with van der Waals surface area (Å²) < 4.78 is 27.3. The summed E-state index contributed by atoms with van der Waals surface area (Å²) in [6.45, 7) is 6.45. The molecule has 0 saturated carbocycles. The van der Waals surface area contributed by atoms with E-state index in [2.05, 4.69) is 52.3 Å². The van der Waals surface area contributed by atoms with E-state index in [1.807, 2.05) is 4.90 Å². The van der Waals surface area contributed by atoms with Crippen molar-refractivity contribution in [1.82, 2.24) is 19.0 Å². The van der Waals surface area contributed by atoms with Gasteiger partial charge in [0.1, 0.15) is 4.21 Å². The van der Waals surface area contributed by atoms with Crippen molar-refractivity contribution in [1.29, 1.82) is 0 Å². The van der Waals surface area contributed by atoms with Gasteiger partial charge in [0.05, 0.1) is 6.54 Å². The number of carbonyl (C=O) groups excluding carboxylic acids is 1. The van der Waals surface area contributed by atoms with E-state index in [1.54, 1.807) is 17.5 Å². The van der Waals surface area contributed by atoms with Crippen LogP contribution in [-0.2, 0) is 21.4 Å². The van der Waals surface area contributed by atoms with Gasteiger partial charge in [-0.05, 0) is 27.8 Å². The second kappa shape index (κ2) is 10.1. The van der Waals surface area contributed by atoms with Crippen molar-refractivity contribution in [2.45, 2.75) is 10.8 Å². The summed E-state index contributed by atoms with van der Waals surface area (Å²) in [4.78, 5) is 19.4. The lowest BCUT2D eigenvalue weighted by atomic mass is 10.0.